The minimum Gasteiger partial charge on any atom is -0.356 e. The summed E-state index contributed by atoms with van der Waals surface area (Å²) in [6.07, 6.45) is -3.95. The first-order valence-electron chi connectivity index (χ1n) is 6.12. The van der Waals surface area contributed by atoms with E-state index in [-0.39, 0.29) is 29.5 Å². The zero-order valence-electron chi connectivity index (χ0n) is 12.3. The number of nitrogens with zero attached hydrogens (tertiary/aromatic N) is 2. The van der Waals surface area contributed by atoms with Gasteiger partial charge in [0.2, 0.25) is 0 Å². The molecule has 122 valence electrons. The van der Waals surface area contributed by atoms with Crippen LogP contribution in [-0.4, -0.2) is 30.1 Å². The number of hydrogen-bond donors (Lipinski definition) is 2. The highest BCUT2D eigenvalue weighted by atomic mass is 127. The van der Waals surface area contributed by atoms with Crippen LogP contribution in [0.3, 0.4) is 0 Å². The number of hydrogen-bond acceptors (Lipinski definition) is 3. The van der Waals surface area contributed by atoms with E-state index >= 15 is 0 Å². The van der Waals surface area contributed by atoms with E-state index in [4.69, 9.17) is 0 Å². The molecular formula is C12H20F3IN4S. The van der Waals surface area contributed by atoms with Crippen LogP contribution in [0.1, 0.15) is 31.5 Å². The van der Waals surface area contributed by atoms with Crippen LogP contribution >= 0.6 is 35.3 Å². The van der Waals surface area contributed by atoms with Crippen LogP contribution in [0.15, 0.2) is 10.4 Å². The summed E-state index contributed by atoms with van der Waals surface area (Å²) in [5.41, 5.74) is -0.957. The molecule has 0 bridgehead atoms. The summed E-state index contributed by atoms with van der Waals surface area (Å²) in [5.74, 6) is 0.616. The van der Waals surface area contributed by atoms with Gasteiger partial charge in [0.05, 0.1) is 5.01 Å². The molecule has 0 aliphatic carbocycles. The number of nitrogens with one attached hydrogen (secondary N) is 2. The van der Waals surface area contributed by atoms with Gasteiger partial charge in [-0.3, -0.25) is 4.99 Å². The molecule has 0 aliphatic rings. The van der Waals surface area contributed by atoms with Crippen LogP contribution in [0.5, 0.6) is 0 Å². The third-order valence-electron chi connectivity index (χ3n) is 2.19. The van der Waals surface area contributed by atoms with Crippen molar-refractivity contribution in [2.45, 2.75) is 38.9 Å². The molecule has 0 saturated heterocycles. The Morgan fingerprint density at radius 2 is 1.95 bits per heavy atom. The lowest BCUT2D eigenvalue weighted by molar-refractivity contribution is -0.140. The van der Waals surface area contributed by atoms with Crippen molar-refractivity contribution in [2.24, 2.45) is 4.99 Å². The van der Waals surface area contributed by atoms with Crippen molar-refractivity contribution in [2.75, 3.05) is 13.6 Å². The lowest BCUT2D eigenvalue weighted by Crippen LogP contribution is -2.48. The number of rotatable bonds is 3. The maximum atomic E-state index is 12.4. The number of aliphatic imine (C=N–C) groups is 1. The standard InChI is InChI=1S/C12H19F3N4S.HI/c1-11(2,3)19-10(16-4)17-6-5-9-18-8(7-20-9)12(13,14)15;/h7H,5-6H2,1-4H3,(H2,16,17,19);1H. The topological polar surface area (TPSA) is 49.3 Å². The fourth-order valence-corrected chi connectivity index (χ4v) is 2.18. The van der Waals surface area contributed by atoms with Crippen molar-refractivity contribution < 1.29 is 13.2 Å². The second-order valence-corrected chi connectivity index (χ2v) is 6.19. The Hall–Kier alpha value is -0.580. The number of alkyl halides is 3. The van der Waals surface area contributed by atoms with E-state index in [0.717, 1.165) is 16.7 Å². The first kappa shape index (κ1) is 20.4. The van der Waals surface area contributed by atoms with Crippen LogP contribution in [0.2, 0.25) is 0 Å². The average Bonchev–Trinajstić information content (AvgIpc) is 2.74. The van der Waals surface area contributed by atoms with Crippen LogP contribution in [0.25, 0.3) is 0 Å². The third kappa shape index (κ3) is 7.84. The van der Waals surface area contributed by atoms with E-state index in [1.165, 1.54) is 0 Å². The number of aromatic nitrogens is 1. The summed E-state index contributed by atoms with van der Waals surface area (Å²) < 4.78 is 37.2. The lowest BCUT2D eigenvalue weighted by atomic mass is 10.1. The minimum absolute atomic E-state index is 0. The second kappa shape index (κ2) is 8.16. The molecule has 0 atom stereocenters. The molecule has 0 unspecified atom stereocenters. The Balaban J connectivity index is 0.00000400. The predicted molar refractivity (Wildman–Crippen MR) is 90.5 cm³/mol. The van der Waals surface area contributed by atoms with Crippen molar-refractivity contribution in [3.8, 4) is 0 Å². The Labute approximate surface area is 143 Å². The largest absolute Gasteiger partial charge is 0.434 e. The van der Waals surface area contributed by atoms with E-state index in [1.54, 1.807) is 7.05 Å². The normalized spacial score (nSPS) is 12.8. The smallest absolute Gasteiger partial charge is 0.356 e. The van der Waals surface area contributed by atoms with Crippen molar-refractivity contribution in [1.82, 2.24) is 15.6 Å². The summed E-state index contributed by atoms with van der Waals surface area (Å²) in [6.45, 7) is 6.46. The molecule has 0 fully saturated rings. The van der Waals surface area contributed by atoms with Gasteiger partial charge in [0.1, 0.15) is 0 Å². The molecule has 0 spiro atoms. The molecule has 0 amide bonds. The second-order valence-electron chi connectivity index (χ2n) is 5.25. The Morgan fingerprint density at radius 3 is 2.38 bits per heavy atom. The zero-order valence-corrected chi connectivity index (χ0v) is 15.5. The molecule has 9 heteroatoms. The molecule has 1 aromatic heterocycles. The quantitative estimate of drug-likeness (QED) is 0.435. The van der Waals surface area contributed by atoms with Gasteiger partial charge in [0.15, 0.2) is 11.7 Å². The molecule has 1 rings (SSSR count). The van der Waals surface area contributed by atoms with Crippen molar-refractivity contribution in [3.05, 3.63) is 16.1 Å². The average molecular weight is 436 g/mol. The van der Waals surface area contributed by atoms with Gasteiger partial charge in [-0.05, 0) is 20.8 Å². The lowest BCUT2D eigenvalue weighted by Gasteiger charge is -2.23. The first-order valence-corrected chi connectivity index (χ1v) is 7.00. The summed E-state index contributed by atoms with van der Waals surface area (Å²) >= 11 is 1.02. The van der Waals surface area contributed by atoms with E-state index < -0.39 is 11.9 Å². The molecule has 0 radical (unpaired) electrons. The van der Waals surface area contributed by atoms with Crippen LogP contribution < -0.4 is 10.6 Å². The number of thiazole rings is 1. The Morgan fingerprint density at radius 1 is 1.33 bits per heavy atom. The molecule has 4 nitrogen and oxygen atoms in total. The Bertz CT molecular complexity index is 466. The number of guanidine groups is 1. The zero-order chi connectivity index (χ0) is 15.4. The highest BCUT2D eigenvalue weighted by molar-refractivity contribution is 14.0. The van der Waals surface area contributed by atoms with E-state index in [2.05, 4.69) is 20.6 Å². The van der Waals surface area contributed by atoms with Gasteiger partial charge in [-0.1, -0.05) is 0 Å². The summed E-state index contributed by atoms with van der Waals surface area (Å²) in [4.78, 5) is 7.62. The summed E-state index contributed by atoms with van der Waals surface area (Å²) in [7, 11) is 1.65. The monoisotopic (exact) mass is 436 g/mol. The molecule has 0 aliphatic heterocycles. The molecule has 0 saturated carbocycles. The maximum Gasteiger partial charge on any atom is 0.434 e. The summed E-state index contributed by atoms with van der Waals surface area (Å²) in [5, 5.41) is 7.70. The fourth-order valence-electron chi connectivity index (χ4n) is 1.38. The first-order chi connectivity index (χ1) is 9.12. The van der Waals surface area contributed by atoms with Crippen molar-refractivity contribution in [1.29, 1.82) is 0 Å². The van der Waals surface area contributed by atoms with Gasteiger partial charge in [-0.15, -0.1) is 35.3 Å². The van der Waals surface area contributed by atoms with Gasteiger partial charge >= 0.3 is 6.18 Å². The summed E-state index contributed by atoms with van der Waals surface area (Å²) in [6, 6.07) is 0. The highest BCUT2D eigenvalue weighted by Crippen LogP contribution is 2.29. The number of halogens is 4. The molecule has 0 aromatic carbocycles. The maximum absolute atomic E-state index is 12.4. The van der Waals surface area contributed by atoms with E-state index in [1.807, 2.05) is 20.8 Å². The van der Waals surface area contributed by atoms with E-state index in [0.29, 0.717) is 23.9 Å². The van der Waals surface area contributed by atoms with Crippen LogP contribution in [0, 0.1) is 0 Å². The van der Waals surface area contributed by atoms with Gasteiger partial charge < -0.3 is 10.6 Å². The third-order valence-corrected chi connectivity index (χ3v) is 3.10. The highest BCUT2D eigenvalue weighted by Gasteiger charge is 2.33. The predicted octanol–water partition coefficient (Wildman–Crippen LogP) is 3.29. The minimum atomic E-state index is -4.37. The van der Waals surface area contributed by atoms with Crippen LogP contribution in [-0.2, 0) is 12.6 Å². The van der Waals surface area contributed by atoms with Crippen molar-refractivity contribution >= 4 is 41.3 Å². The van der Waals surface area contributed by atoms with Crippen molar-refractivity contribution in [3.63, 3.8) is 0 Å². The van der Waals surface area contributed by atoms with Gasteiger partial charge in [-0.25, -0.2) is 4.98 Å². The SMILES string of the molecule is CN=C(NCCc1nc(C(F)(F)F)cs1)NC(C)(C)C.I. The Kier molecular flexibility index (Phi) is 7.93. The van der Waals surface area contributed by atoms with Gasteiger partial charge in [0, 0.05) is 30.9 Å². The molecule has 21 heavy (non-hydrogen) atoms. The van der Waals surface area contributed by atoms with Crippen LogP contribution in [0.4, 0.5) is 13.2 Å². The van der Waals surface area contributed by atoms with Gasteiger partial charge in [-0.2, -0.15) is 13.2 Å². The van der Waals surface area contributed by atoms with Gasteiger partial charge in [0.25, 0.3) is 0 Å². The fraction of sp³-hybridized carbons (Fsp3) is 0.667. The molecule has 1 aromatic rings. The molecular weight excluding hydrogens is 416 g/mol. The molecule has 2 N–H and O–H groups in total. The van der Waals surface area contributed by atoms with E-state index in [9.17, 15) is 13.2 Å². The molecule has 1 heterocycles.